The normalized spacial score (nSPS) is 12.6. The summed E-state index contributed by atoms with van der Waals surface area (Å²) in [6, 6.07) is 0. The smallest absolute Gasteiger partial charge is 0.0584 e. The van der Waals surface area contributed by atoms with Crippen LogP contribution in [0.3, 0.4) is 0 Å². The van der Waals surface area contributed by atoms with Crippen molar-refractivity contribution in [2.45, 2.75) is 31.9 Å². The Bertz CT molecular complexity index is 185. The van der Waals surface area contributed by atoms with Crippen molar-refractivity contribution in [3.05, 3.63) is 0 Å². The Morgan fingerprint density at radius 1 is 1.50 bits per heavy atom. The van der Waals surface area contributed by atoms with Gasteiger partial charge in [-0.15, -0.1) is 0 Å². The van der Waals surface area contributed by atoms with E-state index in [1.807, 2.05) is 13.8 Å². The monoisotopic (exact) mass is 205 g/mol. The molecular formula is C8H15NOS2. The van der Waals surface area contributed by atoms with Crippen molar-refractivity contribution in [1.29, 1.82) is 0 Å². The molecule has 0 fully saturated rings. The molecule has 1 unspecified atom stereocenters. The topological polar surface area (TPSA) is 29.4 Å². The summed E-state index contributed by atoms with van der Waals surface area (Å²) in [7, 11) is -0.665. The molecule has 2 nitrogen and oxygen atoms in total. The van der Waals surface area contributed by atoms with Crippen LogP contribution in [0, 0.1) is 0 Å². The number of hydrogen-bond donors (Lipinski definition) is 0. The minimum Gasteiger partial charge on any atom is -0.259 e. The van der Waals surface area contributed by atoms with Crippen molar-refractivity contribution < 1.29 is 4.21 Å². The number of aliphatic imine (C=N–C) groups is 1. The second kappa shape index (κ2) is 7.59. The average molecular weight is 205 g/mol. The highest BCUT2D eigenvalue weighted by Gasteiger charge is 2.03. The van der Waals surface area contributed by atoms with Gasteiger partial charge in [0.05, 0.1) is 5.16 Å². The van der Waals surface area contributed by atoms with Crippen LogP contribution in [0.2, 0.25) is 0 Å². The lowest BCUT2D eigenvalue weighted by Gasteiger charge is -2.03. The van der Waals surface area contributed by atoms with Crippen molar-refractivity contribution in [3.8, 4) is 0 Å². The standard InChI is InChI=1S/C8H15NOS2/c1-8(2)12(10)6-4-3-5-9-7-11/h8H,3-6H2,1-2H3. The predicted octanol–water partition coefficient (Wildman–Crippen LogP) is 2.03. The van der Waals surface area contributed by atoms with Gasteiger partial charge in [-0.05, 0) is 25.1 Å². The molecule has 0 aromatic rings. The van der Waals surface area contributed by atoms with Crippen molar-refractivity contribution in [2.24, 2.45) is 4.99 Å². The molecule has 0 bridgehead atoms. The van der Waals surface area contributed by atoms with Gasteiger partial charge < -0.3 is 0 Å². The lowest BCUT2D eigenvalue weighted by molar-refractivity contribution is 0.671. The molecular weight excluding hydrogens is 190 g/mol. The summed E-state index contributed by atoms with van der Waals surface area (Å²) in [6.45, 7) is 4.68. The van der Waals surface area contributed by atoms with Gasteiger partial charge in [0.25, 0.3) is 0 Å². The largest absolute Gasteiger partial charge is 0.259 e. The Morgan fingerprint density at radius 2 is 2.17 bits per heavy atom. The molecule has 4 heteroatoms. The quantitative estimate of drug-likeness (QED) is 0.377. The number of nitrogens with zero attached hydrogens (tertiary/aromatic N) is 1. The predicted molar refractivity (Wildman–Crippen MR) is 57.3 cm³/mol. The molecule has 0 spiro atoms. The first kappa shape index (κ1) is 11.9. The van der Waals surface area contributed by atoms with Gasteiger partial charge >= 0.3 is 0 Å². The number of isothiocyanates is 1. The zero-order valence-corrected chi connectivity index (χ0v) is 9.21. The highest BCUT2D eigenvalue weighted by atomic mass is 32.2. The fourth-order valence-corrected chi connectivity index (χ4v) is 1.77. The maximum absolute atomic E-state index is 11.2. The van der Waals surface area contributed by atoms with E-state index in [9.17, 15) is 4.21 Å². The zero-order chi connectivity index (χ0) is 9.40. The first-order valence-electron chi connectivity index (χ1n) is 4.09. The zero-order valence-electron chi connectivity index (χ0n) is 7.58. The van der Waals surface area contributed by atoms with E-state index in [4.69, 9.17) is 0 Å². The van der Waals surface area contributed by atoms with Gasteiger partial charge in [0.15, 0.2) is 0 Å². The highest BCUT2D eigenvalue weighted by Crippen LogP contribution is 1.99. The summed E-state index contributed by atoms with van der Waals surface area (Å²) in [5.74, 6) is 0.782. The molecule has 0 N–H and O–H groups in total. The SMILES string of the molecule is CC(C)S(=O)CCCCN=C=S. The lowest BCUT2D eigenvalue weighted by atomic mass is 10.3. The molecule has 0 aliphatic carbocycles. The molecule has 0 radical (unpaired) electrons. The van der Waals surface area contributed by atoms with Crippen molar-refractivity contribution >= 4 is 28.2 Å². The fraction of sp³-hybridized carbons (Fsp3) is 0.875. The van der Waals surface area contributed by atoms with Crippen LogP contribution in [0.5, 0.6) is 0 Å². The van der Waals surface area contributed by atoms with E-state index in [-0.39, 0.29) is 5.25 Å². The van der Waals surface area contributed by atoms with E-state index >= 15 is 0 Å². The Labute approximate surface area is 81.9 Å². The Hall–Kier alpha value is -0.0500. The van der Waals surface area contributed by atoms with E-state index in [1.165, 1.54) is 0 Å². The van der Waals surface area contributed by atoms with Gasteiger partial charge in [0.1, 0.15) is 0 Å². The van der Waals surface area contributed by atoms with Gasteiger partial charge in [0, 0.05) is 28.3 Å². The molecule has 0 amide bonds. The number of unbranched alkanes of at least 4 members (excludes halogenated alkanes) is 1. The summed E-state index contributed by atoms with van der Waals surface area (Å²) in [5.41, 5.74) is 0. The third kappa shape index (κ3) is 6.65. The molecule has 70 valence electrons. The number of thiocarbonyl (C=S) groups is 1. The van der Waals surface area contributed by atoms with Gasteiger partial charge in [-0.2, -0.15) is 0 Å². The first-order valence-corrected chi connectivity index (χ1v) is 5.88. The van der Waals surface area contributed by atoms with Crippen LogP contribution in [-0.4, -0.2) is 26.9 Å². The number of hydrogen-bond acceptors (Lipinski definition) is 3. The molecule has 12 heavy (non-hydrogen) atoms. The van der Waals surface area contributed by atoms with Crippen LogP contribution in [0.1, 0.15) is 26.7 Å². The van der Waals surface area contributed by atoms with Crippen LogP contribution in [0.4, 0.5) is 0 Å². The third-order valence-corrected chi connectivity index (χ3v) is 3.33. The van der Waals surface area contributed by atoms with Crippen LogP contribution in [0.25, 0.3) is 0 Å². The van der Waals surface area contributed by atoms with E-state index in [1.54, 1.807) is 0 Å². The fourth-order valence-electron chi connectivity index (χ4n) is 0.717. The van der Waals surface area contributed by atoms with Gasteiger partial charge in [-0.1, -0.05) is 13.8 Å². The third-order valence-electron chi connectivity index (χ3n) is 1.46. The van der Waals surface area contributed by atoms with Crippen molar-refractivity contribution in [2.75, 3.05) is 12.3 Å². The lowest BCUT2D eigenvalue weighted by Crippen LogP contribution is -2.09. The van der Waals surface area contributed by atoms with Crippen LogP contribution < -0.4 is 0 Å². The van der Waals surface area contributed by atoms with Crippen molar-refractivity contribution in [3.63, 3.8) is 0 Å². The first-order chi connectivity index (χ1) is 5.68. The summed E-state index contributed by atoms with van der Waals surface area (Å²) in [6.07, 6.45) is 1.92. The summed E-state index contributed by atoms with van der Waals surface area (Å²) >= 11 is 4.42. The minimum atomic E-state index is -0.665. The van der Waals surface area contributed by atoms with E-state index in [0.717, 1.165) is 25.1 Å². The second-order valence-corrected chi connectivity index (χ2v) is 5.11. The molecule has 0 aromatic carbocycles. The second-order valence-electron chi connectivity index (χ2n) is 2.81. The van der Waals surface area contributed by atoms with Gasteiger partial charge in [0.2, 0.25) is 0 Å². The molecule has 0 saturated heterocycles. The summed E-state index contributed by atoms with van der Waals surface area (Å²) < 4.78 is 11.2. The molecule has 0 aliphatic rings. The molecule has 0 heterocycles. The van der Waals surface area contributed by atoms with Crippen molar-refractivity contribution in [1.82, 2.24) is 0 Å². The number of rotatable bonds is 6. The van der Waals surface area contributed by atoms with Gasteiger partial charge in [-0.25, -0.2) is 4.99 Å². The molecule has 0 aromatic heterocycles. The maximum atomic E-state index is 11.2. The molecule has 0 aliphatic heterocycles. The molecule has 0 saturated carbocycles. The molecule has 0 rings (SSSR count). The van der Waals surface area contributed by atoms with Gasteiger partial charge in [-0.3, -0.25) is 4.21 Å². The Morgan fingerprint density at radius 3 is 2.67 bits per heavy atom. The summed E-state index contributed by atoms with van der Waals surface area (Å²) in [5, 5.41) is 2.59. The molecule has 1 atom stereocenters. The average Bonchev–Trinajstić information content (AvgIpc) is 2.03. The van der Waals surface area contributed by atoms with Crippen LogP contribution >= 0.6 is 12.2 Å². The van der Waals surface area contributed by atoms with Crippen LogP contribution in [0.15, 0.2) is 4.99 Å². The summed E-state index contributed by atoms with van der Waals surface area (Å²) in [4.78, 5) is 3.78. The minimum absolute atomic E-state index is 0.277. The van der Waals surface area contributed by atoms with E-state index in [0.29, 0.717) is 0 Å². The van der Waals surface area contributed by atoms with E-state index in [2.05, 4.69) is 22.4 Å². The maximum Gasteiger partial charge on any atom is 0.0584 e. The highest BCUT2D eigenvalue weighted by molar-refractivity contribution is 7.85. The van der Waals surface area contributed by atoms with Crippen LogP contribution in [-0.2, 0) is 10.8 Å². The Balaban J connectivity index is 3.31. The van der Waals surface area contributed by atoms with E-state index < -0.39 is 10.8 Å². The Kier molecular flexibility index (Phi) is 7.56.